The van der Waals surface area contributed by atoms with Crippen molar-refractivity contribution in [1.82, 2.24) is 0 Å². The largest absolute Gasteiger partial charge is 0.207 e. The molecule has 16 heavy (non-hydrogen) atoms. The SMILES string of the molecule is Fc1ccc(Br)c(C(Br)c2sccc2Br)c1. The molecule has 0 spiro atoms. The lowest BCUT2D eigenvalue weighted by Gasteiger charge is -2.11. The first-order valence-electron chi connectivity index (χ1n) is 4.41. The van der Waals surface area contributed by atoms with Gasteiger partial charge in [-0.05, 0) is 51.1 Å². The molecule has 1 heterocycles. The molecule has 2 rings (SSSR count). The Balaban J connectivity index is 2.45. The molecule has 5 heteroatoms. The molecule has 0 aliphatic carbocycles. The Bertz CT molecular complexity index is 510. The van der Waals surface area contributed by atoms with Gasteiger partial charge in [-0.2, -0.15) is 0 Å². The van der Waals surface area contributed by atoms with Gasteiger partial charge < -0.3 is 0 Å². The molecule has 0 aliphatic heterocycles. The zero-order valence-electron chi connectivity index (χ0n) is 7.88. The summed E-state index contributed by atoms with van der Waals surface area (Å²) in [6, 6.07) is 6.69. The number of benzene rings is 1. The minimum absolute atomic E-state index is 0.00745. The second-order valence-corrected chi connectivity index (χ2v) is 6.73. The average Bonchev–Trinajstić information content (AvgIpc) is 2.67. The van der Waals surface area contributed by atoms with Gasteiger partial charge in [0.25, 0.3) is 0 Å². The highest BCUT2D eigenvalue weighted by molar-refractivity contribution is 9.11. The highest BCUT2D eigenvalue weighted by atomic mass is 79.9. The van der Waals surface area contributed by atoms with Crippen molar-refractivity contribution in [2.45, 2.75) is 4.83 Å². The van der Waals surface area contributed by atoms with E-state index in [1.807, 2.05) is 11.4 Å². The van der Waals surface area contributed by atoms with E-state index in [-0.39, 0.29) is 10.6 Å². The van der Waals surface area contributed by atoms with Crippen LogP contribution in [0.15, 0.2) is 38.6 Å². The fourth-order valence-corrected chi connectivity index (χ4v) is 4.97. The fourth-order valence-electron chi connectivity index (χ4n) is 1.34. The van der Waals surface area contributed by atoms with E-state index < -0.39 is 0 Å². The van der Waals surface area contributed by atoms with Crippen LogP contribution in [0.4, 0.5) is 4.39 Å². The molecular formula is C11H6Br3FS. The van der Waals surface area contributed by atoms with Gasteiger partial charge >= 0.3 is 0 Å². The Morgan fingerprint density at radius 2 is 1.88 bits per heavy atom. The molecule has 84 valence electrons. The van der Waals surface area contributed by atoms with Gasteiger partial charge in [0, 0.05) is 13.8 Å². The van der Waals surface area contributed by atoms with E-state index in [0.29, 0.717) is 0 Å². The number of hydrogen-bond acceptors (Lipinski definition) is 1. The van der Waals surface area contributed by atoms with Crippen molar-refractivity contribution < 1.29 is 4.39 Å². The van der Waals surface area contributed by atoms with Crippen molar-refractivity contribution in [2.24, 2.45) is 0 Å². The van der Waals surface area contributed by atoms with Crippen LogP contribution in [0.1, 0.15) is 15.3 Å². The minimum atomic E-state index is -0.227. The second-order valence-electron chi connectivity index (χ2n) is 3.16. The molecule has 0 radical (unpaired) electrons. The van der Waals surface area contributed by atoms with Crippen LogP contribution in [0, 0.1) is 5.82 Å². The Morgan fingerprint density at radius 1 is 1.12 bits per heavy atom. The van der Waals surface area contributed by atoms with Crippen LogP contribution in [0.3, 0.4) is 0 Å². The maximum absolute atomic E-state index is 13.2. The smallest absolute Gasteiger partial charge is 0.123 e. The molecule has 2 aromatic rings. The van der Waals surface area contributed by atoms with Crippen molar-refractivity contribution >= 4 is 59.1 Å². The lowest BCUT2D eigenvalue weighted by atomic mass is 10.1. The van der Waals surface area contributed by atoms with Gasteiger partial charge in [-0.1, -0.05) is 31.9 Å². The molecule has 1 aromatic carbocycles. The molecule has 1 unspecified atom stereocenters. The van der Waals surface area contributed by atoms with Crippen LogP contribution in [-0.2, 0) is 0 Å². The van der Waals surface area contributed by atoms with E-state index in [0.717, 1.165) is 19.4 Å². The summed E-state index contributed by atoms with van der Waals surface area (Å²) in [5.41, 5.74) is 0.892. The summed E-state index contributed by atoms with van der Waals surface area (Å²) in [5, 5.41) is 2.00. The van der Waals surface area contributed by atoms with Gasteiger partial charge in [-0.15, -0.1) is 11.3 Å². The number of hydrogen-bond donors (Lipinski definition) is 0. The average molecular weight is 429 g/mol. The van der Waals surface area contributed by atoms with Crippen LogP contribution in [0.25, 0.3) is 0 Å². The minimum Gasteiger partial charge on any atom is -0.207 e. The zero-order chi connectivity index (χ0) is 11.7. The molecule has 0 saturated carbocycles. The molecule has 0 N–H and O–H groups in total. The first kappa shape index (κ1) is 12.7. The van der Waals surface area contributed by atoms with Crippen molar-refractivity contribution in [2.75, 3.05) is 0 Å². The molecule has 1 atom stereocenters. The standard InChI is InChI=1S/C11H6Br3FS/c12-8-2-1-6(15)5-7(8)10(14)11-9(13)3-4-16-11/h1-5,10H. The molecule has 0 amide bonds. The van der Waals surface area contributed by atoms with E-state index in [4.69, 9.17) is 0 Å². The number of alkyl halides is 1. The maximum Gasteiger partial charge on any atom is 0.123 e. The van der Waals surface area contributed by atoms with Crippen LogP contribution in [0.5, 0.6) is 0 Å². The van der Waals surface area contributed by atoms with Crippen molar-refractivity contribution in [3.8, 4) is 0 Å². The highest BCUT2D eigenvalue weighted by Gasteiger charge is 2.17. The second kappa shape index (κ2) is 5.29. The summed E-state index contributed by atoms with van der Waals surface area (Å²) >= 11 is 12.1. The first-order chi connectivity index (χ1) is 7.59. The normalized spacial score (nSPS) is 12.8. The predicted octanol–water partition coefficient (Wildman–Crippen LogP) is 5.90. The molecule has 0 aliphatic rings. The summed E-state index contributed by atoms with van der Waals surface area (Å²) < 4.78 is 15.1. The third-order valence-electron chi connectivity index (χ3n) is 2.11. The van der Waals surface area contributed by atoms with Gasteiger partial charge in [0.15, 0.2) is 0 Å². The van der Waals surface area contributed by atoms with Crippen molar-refractivity contribution in [3.63, 3.8) is 0 Å². The summed E-state index contributed by atoms with van der Waals surface area (Å²) in [6.45, 7) is 0. The monoisotopic (exact) mass is 426 g/mol. The van der Waals surface area contributed by atoms with Gasteiger partial charge in [0.05, 0.1) is 4.83 Å². The van der Waals surface area contributed by atoms with Crippen LogP contribution in [-0.4, -0.2) is 0 Å². The van der Waals surface area contributed by atoms with E-state index in [1.54, 1.807) is 17.4 Å². The predicted molar refractivity (Wildman–Crippen MR) is 76.9 cm³/mol. The zero-order valence-corrected chi connectivity index (χ0v) is 13.5. The van der Waals surface area contributed by atoms with Gasteiger partial charge in [0.2, 0.25) is 0 Å². The van der Waals surface area contributed by atoms with Gasteiger partial charge in [0.1, 0.15) is 5.82 Å². The number of rotatable bonds is 2. The number of halogens is 4. The molecule has 1 aromatic heterocycles. The fraction of sp³-hybridized carbons (Fsp3) is 0.0909. The third-order valence-corrected chi connectivity index (χ3v) is 6.02. The molecule has 0 bridgehead atoms. The summed E-state index contributed by atoms with van der Waals surface area (Å²) in [5.74, 6) is -0.227. The van der Waals surface area contributed by atoms with Crippen LogP contribution in [0.2, 0.25) is 0 Å². The number of thiophene rings is 1. The molecule has 0 nitrogen and oxygen atoms in total. The lowest BCUT2D eigenvalue weighted by Crippen LogP contribution is -1.93. The Hall–Kier alpha value is 0.290. The van der Waals surface area contributed by atoms with E-state index in [1.165, 1.54) is 12.1 Å². The maximum atomic E-state index is 13.2. The summed E-state index contributed by atoms with van der Waals surface area (Å²) in [4.78, 5) is 1.12. The summed E-state index contributed by atoms with van der Waals surface area (Å²) in [6.07, 6.45) is 0. The van der Waals surface area contributed by atoms with Crippen molar-refractivity contribution in [1.29, 1.82) is 0 Å². The molecule has 0 fully saturated rings. The Morgan fingerprint density at radius 3 is 2.50 bits per heavy atom. The van der Waals surface area contributed by atoms with Crippen LogP contribution < -0.4 is 0 Å². The summed E-state index contributed by atoms with van der Waals surface area (Å²) in [7, 11) is 0. The van der Waals surface area contributed by atoms with E-state index in [9.17, 15) is 4.39 Å². The van der Waals surface area contributed by atoms with E-state index >= 15 is 0 Å². The van der Waals surface area contributed by atoms with Gasteiger partial charge in [-0.3, -0.25) is 0 Å². The first-order valence-corrected chi connectivity index (χ1v) is 7.79. The third kappa shape index (κ3) is 2.58. The molecular weight excluding hydrogens is 423 g/mol. The molecule has 0 saturated heterocycles. The topological polar surface area (TPSA) is 0 Å². The van der Waals surface area contributed by atoms with E-state index in [2.05, 4.69) is 47.8 Å². The lowest BCUT2D eigenvalue weighted by molar-refractivity contribution is 0.625. The Kier molecular flexibility index (Phi) is 4.21. The highest BCUT2D eigenvalue weighted by Crippen LogP contribution is 2.41. The van der Waals surface area contributed by atoms with Crippen molar-refractivity contribution in [3.05, 3.63) is 54.8 Å². The van der Waals surface area contributed by atoms with Gasteiger partial charge in [-0.25, -0.2) is 4.39 Å². The Labute approximate surface area is 122 Å². The quantitative estimate of drug-likeness (QED) is 0.522. The van der Waals surface area contributed by atoms with Crippen LogP contribution >= 0.6 is 59.1 Å².